The summed E-state index contributed by atoms with van der Waals surface area (Å²) in [6, 6.07) is 0. The highest BCUT2D eigenvalue weighted by Gasteiger charge is 2.29. The summed E-state index contributed by atoms with van der Waals surface area (Å²) < 4.78 is 0. The highest BCUT2D eigenvalue weighted by molar-refractivity contribution is 5.80. The molecule has 1 saturated heterocycles. The van der Waals surface area contributed by atoms with Crippen molar-refractivity contribution < 1.29 is 9.90 Å². The van der Waals surface area contributed by atoms with Gasteiger partial charge in [0.15, 0.2) is 0 Å². The van der Waals surface area contributed by atoms with E-state index in [9.17, 15) is 4.79 Å². The van der Waals surface area contributed by atoms with E-state index >= 15 is 0 Å². The predicted molar refractivity (Wildman–Crippen MR) is 32.7 cm³/mol. The molecule has 0 saturated carbocycles. The second-order valence-electron chi connectivity index (χ2n) is 2.48. The van der Waals surface area contributed by atoms with Gasteiger partial charge in [0.2, 0.25) is 5.91 Å². The summed E-state index contributed by atoms with van der Waals surface area (Å²) in [5.41, 5.74) is 0. The van der Waals surface area contributed by atoms with E-state index < -0.39 is 0 Å². The van der Waals surface area contributed by atoms with Gasteiger partial charge in [0.1, 0.15) is 0 Å². The molecule has 0 bridgehead atoms. The smallest absolute Gasteiger partial charge is 0.223 e. The molecule has 2 atom stereocenters. The summed E-state index contributed by atoms with van der Waals surface area (Å²) in [5.74, 6) is 0.196. The summed E-state index contributed by atoms with van der Waals surface area (Å²) in [4.78, 5) is 10.7. The van der Waals surface area contributed by atoms with E-state index in [1.165, 1.54) is 0 Å². The average molecular weight is 129 g/mol. The molecule has 1 amide bonds. The van der Waals surface area contributed by atoms with Crippen LogP contribution < -0.4 is 5.32 Å². The zero-order chi connectivity index (χ0) is 6.85. The Labute approximate surface area is 54.1 Å². The van der Waals surface area contributed by atoms with Crippen molar-refractivity contribution in [1.29, 1.82) is 0 Å². The van der Waals surface area contributed by atoms with Crippen molar-refractivity contribution in [3.8, 4) is 0 Å². The molecule has 2 N–H and O–H groups in total. The Kier molecular flexibility index (Phi) is 1.71. The zero-order valence-electron chi connectivity index (χ0n) is 5.42. The summed E-state index contributed by atoms with van der Waals surface area (Å²) >= 11 is 0. The zero-order valence-corrected chi connectivity index (χ0v) is 5.42. The molecule has 1 unspecified atom stereocenters. The third-order valence-corrected chi connectivity index (χ3v) is 1.89. The molecule has 1 aliphatic rings. The van der Waals surface area contributed by atoms with E-state index in [2.05, 4.69) is 5.32 Å². The van der Waals surface area contributed by atoms with E-state index in [4.69, 9.17) is 5.11 Å². The lowest BCUT2D eigenvalue weighted by atomic mass is 9.99. The Bertz CT molecular complexity index is 124. The number of aliphatic hydroxyl groups excluding tert-OH is 1. The van der Waals surface area contributed by atoms with Gasteiger partial charge in [0, 0.05) is 25.0 Å². The first kappa shape index (κ1) is 6.55. The molecular weight excluding hydrogens is 118 g/mol. The van der Waals surface area contributed by atoms with Crippen LogP contribution in [-0.2, 0) is 4.79 Å². The van der Waals surface area contributed by atoms with Gasteiger partial charge < -0.3 is 10.4 Å². The van der Waals surface area contributed by atoms with Crippen LogP contribution >= 0.6 is 0 Å². The van der Waals surface area contributed by atoms with Crippen LogP contribution in [0.15, 0.2) is 0 Å². The standard InChI is InChI=1S/C6H11NO2/c1-4-5(3-8)2-7-6(4)9/h4-5,8H,2-3H2,1H3,(H,7,9)/t4-,5?/m1/s1. The lowest BCUT2D eigenvalue weighted by molar-refractivity contribution is -0.122. The Morgan fingerprint density at radius 3 is 2.78 bits per heavy atom. The van der Waals surface area contributed by atoms with Gasteiger partial charge in [0.25, 0.3) is 0 Å². The van der Waals surface area contributed by atoms with Gasteiger partial charge in [-0.3, -0.25) is 4.79 Å². The number of carbonyl (C=O) groups is 1. The Hall–Kier alpha value is -0.570. The normalized spacial score (nSPS) is 34.7. The van der Waals surface area contributed by atoms with E-state index in [-0.39, 0.29) is 24.3 Å². The van der Waals surface area contributed by atoms with Gasteiger partial charge >= 0.3 is 0 Å². The molecule has 0 aromatic heterocycles. The SMILES string of the molecule is C[C@H]1C(=O)NCC1CO. The number of carbonyl (C=O) groups excluding carboxylic acids is 1. The van der Waals surface area contributed by atoms with Crippen molar-refractivity contribution in [2.24, 2.45) is 11.8 Å². The summed E-state index contributed by atoms with van der Waals surface area (Å²) in [7, 11) is 0. The van der Waals surface area contributed by atoms with Gasteiger partial charge in [-0.2, -0.15) is 0 Å². The maximum atomic E-state index is 10.7. The van der Waals surface area contributed by atoms with E-state index in [1.54, 1.807) is 0 Å². The van der Waals surface area contributed by atoms with Crippen molar-refractivity contribution in [3.05, 3.63) is 0 Å². The van der Waals surface area contributed by atoms with Crippen LogP contribution in [0.25, 0.3) is 0 Å². The molecule has 0 aromatic rings. The van der Waals surface area contributed by atoms with Crippen LogP contribution in [0.2, 0.25) is 0 Å². The molecule has 1 rings (SSSR count). The second-order valence-corrected chi connectivity index (χ2v) is 2.48. The minimum atomic E-state index is -0.00463. The van der Waals surface area contributed by atoms with Crippen LogP contribution in [0.5, 0.6) is 0 Å². The lowest BCUT2D eigenvalue weighted by Crippen LogP contribution is -2.17. The second kappa shape index (κ2) is 2.35. The summed E-state index contributed by atoms with van der Waals surface area (Å²) in [5, 5.41) is 11.3. The van der Waals surface area contributed by atoms with Crippen LogP contribution in [0.1, 0.15) is 6.92 Å². The van der Waals surface area contributed by atoms with Crippen LogP contribution in [0, 0.1) is 11.8 Å². The molecule has 0 radical (unpaired) electrons. The van der Waals surface area contributed by atoms with E-state index in [1.807, 2.05) is 6.92 Å². The van der Waals surface area contributed by atoms with Crippen LogP contribution in [-0.4, -0.2) is 24.2 Å². The molecule has 0 aromatic carbocycles. The highest BCUT2D eigenvalue weighted by Crippen LogP contribution is 2.15. The molecular formula is C6H11NO2. The van der Waals surface area contributed by atoms with Crippen molar-refractivity contribution in [2.75, 3.05) is 13.2 Å². The van der Waals surface area contributed by atoms with Crippen molar-refractivity contribution in [1.82, 2.24) is 5.32 Å². The highest BCUT2D eigenvalue weighted by atomic mass is 16.3. The maximum Gasteiger partial charge on any atom is 0.223 e. The molecule has 9 heavy (non-hydrogen) atoms. The minimum Gasteiger partial charge on any atom is -0.396 e. The fraction of sp³-hybridized carbons (Fsp3) is 0.833. The quantitative estimate of drug-likeness (QED) is 0.495. The van der Waals surface area contributed by atoms with Gasteiger partial charge in [0.05, 0.1) is 0 Å². The summed E-state index contributed by atoms with van der Waals surface area (Å²) in [6.07, 6.45) is 0. The van der Waals surface area contributed by atoms with Gasteiger partial charge in [-0.15, -0.1) is 0 Å². The topological polar surface area (TPSA) is 49.3 Å². The number of rotatable bonds is 1. The Morgan fingerprint density at radius 2 is 2.56 bits per heavy atom. The van der Waals surface area contributed by atoms with Crippen molar-refractivity contribution >= 4 is 5.91 Å². The third-order valence-electron chi connectivity index (χ3n) is 1.89. The Balaban J connectivity index is 2.51. The first-order valence-corrected chi connectivity index (χ1v) is 3.14. The molecule has 0 spiro atoms. The molecule has 1 fully saturated rings. The third kappa shape index (κ3) is 1.05. The number of hydrogen-bond donors (Lipinski definition) is 2. The van der Waals surface area contributed by atoms with Gasteiger partial charge in [-0.05, 0) is 0 Å². The fourth-order valence-electron chi connectivity index (χ4n) is 1.01. The molecule has 0 aliphatic carbocycles. The van der Waals surface area contributed by atoms with Gasteiger partial charge in [-0.25, -0.2) is 0 Å². The largest absolute Gasteiger partial charge is 0.396 e. The number of hydrogen-bond acceptors (Lipinski definition) is 2. The number of aliphatic hydroxyl groups is 1. The predicted octanol–water partition coefficient (Wildman–Crippen LogP) is -0.639. The van der Waals surface area contributed by atoms with Crippen LogP contribution in [0.4, 0.5) is 0 Å². The number of amides is 1. The monoisotopic (exact) mass is 129 g/mol. The number of nitrogens with one attached hydrogen (secondary N) is 1. The fourth-order valence-corrected chi connectivity index (χ4v) is 1.01. The first-order valence-electron chi connectivity index (χ1n) is 3.14. The van der Waals surface area contributed by atoms with E-state index in [0.717, 1.165) is 0 Å². The lowest BCUT2D eigenvalue weighted by Gasteiger charge is -2.05. The molecule has 1 aliphatic heterocycles. The summed E-state index contributed by atoms with van der Waals surface area (Å²) in [6.45, 7) is 2.58. The average Bonchev–Trinajstić information content (AvgIpc) is 2.15. The molecule has 3 heteroatoms. The Morgan fingerprint density at radius 1 is 1.89 bits per heavy atom. The molecule has 1 heterocycles. The maximum absolute atomic E-state index is 10.7. The molecule has 52 valence electrons. The first-order chi connectivity index (χ1) is 4.25. The van der Waals surface area contributed by atoms with Crippen molar-refractivity contribution in [2.45, 2.75) is 6.92 Å². The van der Waals surface area contributed by atoms with Crippen LogP contribution in [0.3, 0.4) is 0 Å². The minimum absolute atomic E-state index is 0.00463. The van der Waals surface area contributed by atoms with Gasteiger partial charge in [-0.1, -0.05) is 6.92 Å². The van der Waals surface area contributed by atoms with Crippen molar-refractivity contribution in [3.63, 3.8) is 0 Å². The van der Waals surface area contributed by atoms with E-state index in [0.29, 0.717) is 6.54 Å². The molecule has 3 nitrogen and oxygen atoms in total.